The van der Waals surface area contributed by atoms with Gasteiger partial charge in [-0.3, -0.25) is 9.59 Å². The molecule has 1 aliphatic heterocycles. The lowest BCUT2D eigenvalue weighted by molar-refractivity contribution is -0.159. The number of fused-ring (bicyclic) bond motifs is 1. The third-order valence-corrected chi connectivity index (χ3v) is 5.52. The minimum atomic E-state index is -0.386. The van der Waals surface area contributed by atoms with Crippen molar-refractivity contribution in [1.82, 2.24) is 4.90 Å². The molecule has 7 heteroatoms. The number of benzene rings is 1. The lowest BCUT2D eigenvalue weighted by Crippen LogP contribution is -2.56. The van der Waals surface area contributed by atoms with E-state index < -0.39 is 0 Å². The van der Waals surface area contributed by atoms with Crippen molar-refractivity contribution in [3.63, 3.8) is 0 Å². The van der Waals surface area contributed by atoms with E-state index in [4.69, 9.17) is 14.2 Å². The number of ether oxygens (including phenoxy) is 3. The Morgan fingerprint density at radius 3 is 2.85 bits per heavy atom. The number of morpholine rings is 1. The third kappa shape index (κ3) is 4.46. The van der Waals surface area contributed by atoms with Gasteiger partial charge in [0.1, 0.15) is 18.4 Å². The number of hydrogen-bond donors (Lipinski definition) is 0. The summed E-state index contributed by atoms with van der Waals surface area (Å²) in [7, 11) is 1.60. The first-order chi connectivity index (χ1) is 13.0. The summed E-state index contributed by atoms with van der Waals surface area (Å²) in [6, 6.07) is 5.47. The molecule has 1 aromatic rings. The number of methoxy groups -OCH3 is 1. The molecule has 0 spiro atoms. The van der Waals surface area contributed by atoms with E-state index in [1.165, 1.54) is 0 Å². The molecule has 1 aliphatic carbocycles. The molecule has 2 aliphatic rings. The maximum Gasteiger partial charge on any atom is 0.325 e. The number of halogens is 1. The molecular weight excluding hydrogens is 414 g/mol. The summed E-state index contributed by atoms with van der Waals surface area (Å²) < 4.78 is 17.1. The van der Waals surface area contributed by atoms with E-state index in [1.807, 2.05) is 18.2 Å². The molecule has 3 rings (SSSR count). The third-order valence-electron chi connectivity index (χ3n) is 4.90. The lowest BCUT2D eigenvalue weighted by atomic mass is 9.89. The second-order valence-corrected chi connectivity index (χ2v) is 7.50. The van der Waals surface area contributed by atoms with Crippen LogP contribution < -0.4 is 4.74 Å². The van der Waals surface area contributed by atoms with Crippen molar-refractivity contribution in [2.24, 2.45) is 0 Å². The van der Waals surface area contributed by atoms with E-state index in [9.17, 15) is 9.59 Å². The van der Waals surface area contributed by atoms with Crippen LogP contribution in [-0.4, -0.2) is 49.2 Å². The Bertz CT molecular complexity index is 748. The Morgan fingerprint density at radius 1 is 1.37 bits per heavy atom. The van der Waals surface area contributed by atoms with Gasteiger partial charge in [0.15, 0.2) is 5.76 Å². The highest BCUT2D eigenvalue weighted by Crippen LogP contribution is 2.34. The van der Waals surface area contributed by atoms with Crippen LogP contribution in [0.25, 0.3) is 6.08 Å². The standard InChI is InChI=1S/C20H24BrNO5/c1-3-26-19(23)12-22-15-6-4-5-7-17(15)27-18(20(22)24)11-13-8-9-16(25-2)14(21)10-13/h8-11,15,17H,3-7,12H2,1-2H3/b18-11+. The van der Waals surface area contributed by atoms with Gasteiger partial charge in [-0.05, 0) is 65.9 Å². The number of esters is 1. The molecule has 2 atom stereocenters. The summed E-state index contributed by atoms with van der Waals surface area (Å²) in [4.78, 5) is 26.7. The first-order valence-electron chi connectivity index (χ1n) is 9.22. The second kappa shape index (κ2) is 8.78. The maximum atomic E-state index is 13.0. The second-order valence-electron chi connectivity index (χ2n) is 6.65. The average Bonchev–Trinajstić information content (AvgIpc) is 2.65. The van der Waals surface area contributed by atoms with E-state index in [0.717, 1.165) is 35.7 Å². The predicted molar refractivity (Wildman–Crippen MR) is 104 cm³/mol. The number of nitrogens with zero attached hydrogens (tertiary/aromatic N) is 1. The highest BCUT2D eigenvalue weighted by molar-refractivity contribution is 9.10. The SMILES string of the molecule is CCOC(=O)CN1C(=O)/C(=C\c2ccc(OC)c(Br)c2)OC2CCCCC21. The molecule has 27 heavy (non-hydrogen) atoms. The molecule has 1 saturated heterocycles. The van der Waals surface area contributed by atoms with Crippen molar-refractivity contribution in [2.45, 2.75) is 44.8 Å². The fourth-order valence-corrected chi connectivity index (χ4v) is 4.19. The molecule has 0 radical (unpaired) electrons. The van der Waals surface area contributed by atoms with Crippen LogP contribution >= 0.6 is 15.9 Å². The summed E-state index contributed by atoms with van der Waals surface area (Å²) in [5.74, 6) is 0.325. The van der Waals surface area contributed by atoms with Crippen LogP contribution in [0.3, 0.4) is 0 Å². The van der Waals surface area contributed by atoms with Gasteiger partial charge in [-0.25, -0.2) is 0 Å². The zero-order chi connectivity index (χ0) is 19.4. The number of carbonyl (C=O) groups excluding carboxylic acids is 2. The van der Waals surface area contributed by atoms with Crippen molar-refractivity contribution in [1.29, 1.82) is 0 Å². The zero-order valence-corrected chi connectivity index (χ0v) is 17.2. The Hall–Kier alpha value is -2.02. The van der Waals surface area contributed by atoms with E-state index >= 15 is 0 Å². The molecule has 1 amide bonds. The predicted octanol–water partition coefficient (Wildman–Crippen LogP) is 3.53. The number of amides is 1. The van der Waals surface area contributed by atoms with Crippen molar-refractivity contribution >= 4 is 33.9 Å². The van der Waals surface area contributed by atoms with Gasteiger partial charge in [0.2, 0.25) is 0 Å². The van der Waals surface area contributed by atoms with Crippen LogP contribution in [0.15, 0.2) is 28.4 Å². The molecule has 1 saturated carbocycles. The number of hydrogen-bond acceptors (Lipinski definition) is 5. The summed E-state index contributed by atoms with van der Waals surface area (Å²) in [6.45, 7) is 2.02. The van der Waals surface area contributed by atoms with Gasteiger partial charge in [0.05, 0.1) is 24.2 Å². The Morgan fingerprint density at radius 2 is 2.15 bits per heavy atom. The van der Waals surface area contributed by atoms with Crippen molar-refractivity contribution in [2.75, 3.05) is 20.3 Å². The van der Waals surface area contributed by atoms with Crippen LogP contribution in [0, 0.1) is 0 Å². The molecular formula is C20H24BrNO5. The average molecular weight is 438 g/mol. The van der Waals surface area contributed by atoms with Gasteiger partial charge < -0.3 is 19.1 Å². The monoisotopic (exact) mass is 437 g/mol. The summed E-state index contributed by atoms with van der Waals surface area (Å²) in [5.41, 5.74) is 0.816. The van der Waals surface area contributed by atoms with E-state index in [-0.39, 0.29) is 36.3 Å². The first kappa shape index (κ1) is 19.7. The van der Waals surface area contributed by atoms with Crippen LogP contribution in [0.5, 0.6) is 5.75 Å². The molecule has 0 N–H and O–H groups in total. The fourth-order valence-electron chi connectivity index (χ4n) is 3.63. The zero-order valence-electron chi connectivity index (χ0n) is 15.6. The van der Waals surface area contributed by atoms with Crippen molar-refractivity contribution in [3.05, 3.63) is 34.0 Å². The molecule has 2 fully saturated rings. The van der Waals surface area contributed by atoms with E-state index in [2.05, 4.69) is 15.9 Å². The minimum Gasteiger partial charge on any atom is -0.496 e. The van der Waals surface area contributed by atoms with Gasteiger partial charge in [-0.1, -0.05) is 12.5 Å². The smallest absolute Gasteiger partial charge is 0.325 e. The molecule has 1 aromatic carbocycles. The molecule has 2 unspecified atom stereocenters. The van der Waals surface area contributed by atoms with Gasteiger partial charge in [-0.15, -0.1) is 0 Å². The van der Waals surface area contributed by atoms with Gasteiger partial charge >= 0.3 is 5.97 Å². The van der Waals surface area contributed by atoms with Crippen molar-refractivity contribution in [3.8, 4) is 5.75 Å². The minimum absolute atomic E-state index is 0.0408. The topological polar surface area (TPSA) is 65.1 Å². The summed E-state index contributed by atoms with van der Waals surface area (Å²) in [5, 5.41) is 0. The van der Waals surface area contributed by atoms with E-state index in [1.54, 1.807) is 25.0 Å². The van der Waals surface area contributed by atoms with Gasteiger partial charge in [0, 0.05) is 0 Å². The molecule has 6 nitrogen and oxygen atoms in total. The number of rotatable bonds is 5. The van der Waals surface area contributed by atoms with Gasteiger partial charge in [0.25, 0.3) is 5.91 Å². The van der Waals surface area contributed by atoms with Crippen molar-refractivity contribution < 1.29 is 23.8 Å². The lowest BCUT2D eigenvalue weighted by Gasteiger charge is -2.44. The highest BCUT2D eigenvalue weighted by atomic mass is 79.9. The van der Waals surface area contributed by atoms with Gasteiger partial charge in [-0.2, -0.15) is 0 Å². The maximum absolute atomic E-state index is 13.0. The van der Waals surface area contributed by atoms with Crippen LogP contribution in [0.2, 0.25) is 0 Å². The first-order valence-corrected chi connectivity index (χ1v) is 10.0. The summed E-state index contributed by atoms with van der Waals surface area (Å²) >= 11 is 3.45. The number of carbonyl (C=O) groups is 2. The normalized spacial score (nSPS) is 23.6. The van der Waals surface area contributed by atoms with Crippen LogP contribution in [0.4, 0.5) is 0 Å². The summed E-state index contributed by atoms with van der Waals surface area (Å²) in [6.07, 6.45) is 5.44. The fraction of sp³-hybridized carbons (Fsp3) is 0.500. The Balaban J connectivity index is 1.87. The van der Waals surface area contributed by atoms with Crippen LogP contribution in [0.1, 0.15) is 38.2 Å². The molecule has 146 valence electrons. The quantitative estimate of drug-likeness (QED) is 0.520. The molecule has 0 aromatic heterocycles. The largest absolute Gasteiger partial charge is 0.496 e. The highest BCUT2D eigenvalue weighted by Gasteiger charge is 2.42. The Labute approximate surface area is 167 Å². The van der Waals surface area contributed by atoms with Crippen LogP contribution in [-0.2, 0) is 19.1 Å². The Kier molecular flexibility index (Phi) is 6.42. The van der Waals surface area contributed by atoms with E-state index in [0.29, 0.717) is 12.4 Å². The molecule has 1 heterocycles. The molecule has 0 bridgehead atoms.